The van der Waals surface area contributed by atoms with Crippen LogP contribution >= 0.6 is 0 Å². The van der Waals surface area contributed by atoms with Crippen LogP contribution in [0.4, 0.5) is 0 Å². The zero-order valence-corrected chi connectivity index (χ0v) is 18.8. The summed E-state index contributed by atoms with van der Waals surface area (Å²) >= 11 is 0. The van der Waals surface area contributed by atoms with Crippen LogP contribution in [-0.2, 0) is 24.9 Å². The summed E-state index contributed by atoms with van der Waals surface area (Å²) in [4.78, 5) is 14.5. The van der Waals surface area contributed by atoms with Gasteiger partial charge in [-0.05, 0) is 37.6 Å². The van der Waals surface area contributed by atoms with Gasteiger partial charge in [-0.25, -0.2) is 0 Å². The van der Waals surface area contributed by atoms with Crippen molar-refractivity contribution in [2.24, 2.45) is 0 Å². The van der Waals surface area contributed by atoms with Crippen LogP contribution in [0.15, 0.2) is 83.1 Å². The van der Waals surface area contributed by atoms with Crippen LogP contribution in [0.3, 0.4) is 0 Å². The van der Waals surface area contributed by atoms with E-state index in [2.05, 4.69) is 39.9 Å². The minimum atomic E-state index is -0.125. The number of aromatic nitrogens is 2. The molecule has 3 heterocycles. The predicted octanol–water partition coefficient (Wildman–Crippen LogP) is 5.76. The number of ketones is 1. The normalized spacial score (nSPS) is 11.2. The number of hydrogen-bond donors (Lipinski definition) is 1. The van der Waals surface area contributed by atoms with Crippen LogP contribution in [0.2, 0.25) is 0 Å². The monoisotopic (exact) mass is 576 g/mol. The molecule has 153 valence electrons. The number of aliphatic hydroxyl groups is 1. The molecule has 1 radical (unpaired) electrons. The number of furan rings is 1. The Bertz CT molecular complexity index is 1270. The van der Waals surface area contributed by atoms with Crippen LogP contribution in [0.1, 0.15) is 13.8 Å². The van der Waals surface area contributed by atoms with Crippen molar-refractivity contribution in [3.63, 3.8) is 0 Å². The largest absolute Gasteiger partial charge is 0.512 e. The van der Waals surface area contributed by atoms with E-state index in [1.807, 2.05) is 42.6 Å². The third-order valence-electron chi connectivity index (χ3n) is 4.38. The fourth-order valence-electron chi connectivity index (χ4n) is 3.31. The Morgan fingerprint density at radius 2 is 1.87 bits per heavy atom. The Labute approximate surface area is 187 Å². The summed E-state index contributed by atoms with van der Waals surface area (Å²) < 4.78 is 8.16. The van der Waals surface area contributed by atoms with Crippen LogP contribution in [0, 0.1) is 6.07 Å². The molecular weight excluding hydrogens is 556 g/mol. The summed E-state index contributed by atoms with van der Waals surface area (Å²) in [5.41, 5.74) is 3.91. The fourth-order valence-corrected chi connectivity index (χ4v) is 3.31. The number of fused-ring (bicyclic) bond motifs is 4. The van der Waals surface area contributed by atoms with Crippen molar-refractivity contribution in [3.05, 3.63) is 84.8 Å². The standard InChI is InChI=1S/C19H11N2O.C5H8O2.Ir/c1-4-10-17-13(6-1)12-18(22-17)21-15-8-3-2-7-14(15)19-16(21)9-5-11-20-19;1-4(6)3-5(2)7;/h1-6,8-12H;3,6H,1-2H3;/q-1;;/b;4-3-;. The first-order valence-electron chi connectivity index (χ1n) is 9.17. The minimum Gasteiger partial charge on any atom is -0.512 e. The van der Waals surface area contributed by atoms with Gasteiger partial charge in [0.2, 0.25) is 0 Å². The molecule has 1 N–H and O–H groups in total. The second-order valence-electron chi connectivity index (χ2n) is 6.66. The number of nitrogens with zero attached hydrogens (tertiary/aromatic N) is 2. The van der Waals surface area contributed by atoms with Crippen LogP contribution in [-0.4, -0.2) is 20.4 Å². The Hall–Kier alpha value is -3.21. The first-order valence-corrected chi connectivity index (χ1v) is 9.17. The van der Waals surface area contributed by atoms with E-state index >= 15 is 0 Å². The maximum Gasteiger partial charge on any atom is 0.196 e. The summed E-state index contributed by atoms with van der Waals surface area (Å²) in [6.45, 7) is 2.85. The van der Waals surface area contributed by atoms with Gasteiger partial charge >= 0.3 is 0 Å². The molecule has 5 rings (SSSR count). The Morgan fingerprint density at radius 3 is 2.57 bits per heavy atom. The molecule has 30 heavy (non-hydrogen) atoms. The van der Waals surface area contributed by atoms with E-state index in [4.69, 9.17) is 9.52 Å². The molecule has 5 nitrogen and oxygen atoms in total. The van der Waals surface area contributed by atoms with Gasteiger partial charge in [0.25, 0.3) is 0 Å². The van der Waals surface area contributed by atoms with Gasteiger partial charge in [0.1, 0.15) is 5.58 Å². The predicted molar refractivity (Wildman–Crippen MR) is 114 cm³/mol. The SMILES string of the molecule is CC(=O)/C=C(/C)O.[Ir].[c-]1cccc2c1c1ncccc1n2-c1cc2ccccc2o1. The molecule has 0 bridgehead atoms. The number of benzene rings is 2. The van der Waals surface area contributed by atoms with Gasteiger partial charge in [0.05, 0.1) is 5.76 Å². The van der Waals surface area contributed by atoms with Crippen molar-refractivity contribution < 1.29 is 34.4 Å². The molecule has 0 unspecified atom stereocenters. The number of hydrogen-bond acceptors (Lipinski definition) is 4. The van der Waals surface area contributed by atoms with Gasteiger partial charge in [-0.15, -0.1) is 24.3 Å². The van der Waals surface area contributed by atoms with Crippen molar-refractivity contribution >= 4 is 38.7 Å². The molecule has 0 saturated carbocycles. The van der Waals surface area contributed by atoms with Crippen LogP contribution < -0.4 is 0 Å². The number of para-hydroxylation sites is 1. The molecule has 0 spiro atoms. The van der Waals surface area contributed by atoms with Crippen molar-refractivity contribution in [2.75, 3.05) is 0 Å². The van der Waals surface area contributed by atoms with Crippen LogP contribution in [0.5, 0.6) is 0 Å². The Kier molecular flexibility index (Phi) is 6.50. The van der Waals surface area contributed by atoms with Crippen molar-refractivity contribution in [2.45, 2.75) is 13.8 Å². The molecule has 5 aromatic rings. The van der Waals surface area contributed by atoms with Crippen LogP contribution in [0.25, 0.3) is 38.8 Å². The molecule has 3 aromatic heterocycles. The smallest absolute Gasteiger partial charge is 0.196 e. The molecular formula is C24H19IrN2O3-. The van der Waals surface area contributed by atoms with Crippen molar-refractivity contribution in [3.8, 4) is 5.88 Å². The maximum absolute atomic E-state index is 10.0. The topological polar surface area (TPSA) is 68.3 Å². The average molecular weight is 576 g/mol. The van der Waals surface area contributed by atoms with Gasteiger partial charge in [0, 0.05) is 54.9 Å². The number of carbonyl (C=O) groups is 1. The maximum atomic E-state index is 10.0. The molecule has 0 atom stereocenters. The molecule has 0 amide bonds. The van der Waals surface area contributed by atoms with E-state index in [-0.39, 0.29) is 31.6 Å². The number of rotatable bonds is 2. The molecule has 0 saturated heterocycles. The first-order chi connectivity index (χ1) is 14.0. The number of carbonyl (C=O) groups excluding carboxylic acids is 1. The van der Waals surface area contributed by atoms with E-state index < -0.39 is 0 Å². The van der Waals surface area contributed by atoms with Crippen molar-refractivity contribution in [1.82, 2.24) is 9.55 Å². The number of allylic oxidation sites excluding steroid dienone is 2. The van der Waals surface area contributed by atoms with E-state index in [9.17, 15) is 4.79 Å². The van der Waals surface area contributed by atoms with Gasteiger partial charge in [-0.2, -0.15) is 0 Å². The fraction of sp³-hybridized carbons (Fsp3) is 0.0833. The average Bonchev–Trinajstić information content (AvgIpc) is 3.26. The van der Waals surface area contributed by atoms with E-state index in [0.717, 1.165) is 38.8 Å². The molecule has 0 aliphatic heterocycles. The summed E-state index contributed by atoms with van der Waals surface area (Å²) in [5, 5.41) is 10.5. The van der Waals surface area contributed by atoms with Gasteiger partial charge < -0.3 is 19.1 Å². The number of pyridine rings is 1. The quantitative estimate of drug-likeness (QED) is 0.165. The summed E-state index contributed by atoms with van der Waals surface area (Å²) in [6.07, 6.45) is 2.98. The second kappa shape index (κ2) is 9.07. The zero-order valence-electron chi connectivity index (χ0n) is 16.4. The summed E-state index contributed by atoms with van der Waals surface area (Å²) in [6, 6.07) is 23.4. The Morgan fingerprint density at radius 1 is 1.10 bits per heavy atom. The molecule has 0 fully saturated rings. The van der Waals surface area contributed by atoms with Gasteiger partial charge in [-0.1, -0.05) is 23.6 Å². The first kappa shape index (κ1) is 21.5. The number of aliphatic hydroxyl groups excluding tert-OH is 1. The van der Waals surface area contributed by atoms with E-state index in [1.54, 1.807) is 0 Å². The third kappa shape index (κ3) is 4.20. The molecule has 2 aromatic carbocycles. The molecule has 0 aliphatic rings. The minimum absolute atomic E-state index is 0. The van der Waals surface area contributed by atoms with E-state index in [1.165, 1.54) is 19.9 Å². The van der Waals surface area contributed by atoms with Crippen molar-refractivity contribution in [1.29, 1.82) is 0 Å². The van der Waals surface area contributed by atoms with Gasteiger partial charge in [0.15, 0.2) is 11.7 Å². The Balaban J connectivity index is 0.000000281. The molecule has 6 heteroatoms. The summed E-state index contributed by atoms with van der Waals surface area (Å²) in [5.74, 6) is 0.737. The van der Waals surface area contributed by atoms with Gasteiger partial charge in [-0.3, -0.25) is 4.79 Å². The molecule has 0 aliphatic carbocycles. The van der Waals surface area contributed by atoms with E-state index in [0.29, 0.717) is 0 Å². The second-order valence-corrected chi connectivity index (χ2v) is 6.66. The third-order valence-corrected chi connectivity index (χ3v) is 4.38. The summed E-state index contributed by atoms with van der Waals surface area (Å²) in [7, 11) is 0. The zero-order chi connectivity index (χ0) is 20.4.